The van der Waals surface area contributed by atoms with E-state index in [2.05, 4.69) is 4.99 Å². The zero-order valence-corrected chi connectivity index (χ0v) is 18.5. The van der Waals surface area contributed by atoms with Crippen molar-refractivity contribution in [3.8, 4) is 11.5 Å². The number of aryl methyl sites for hydroxylation is 2. The van der Waals surface area contributed by atoms with E-state index in [9.17, 15) is 9.59 Å². The van der Waals surface area contributed by atoms with Crippen molar-refractivity contribution in [3.05, 3.63) is 51.8 Å². The fraction of sp³-hybridized carbons (Fsp3) is 0.318. The molecule has 0 bridgehead atoms. The second-order valence-corrected chi connectivity index (χ2v) is 7.67. The lowest BCUT2D eigenvalue weighted by atomic mass is 10.1. The average molecular weight is 429 g/mol. The molecule has 0 aliphatic heterocycles. The highest BCUT2D eigenvalue weighted by Gasteiger charge is 2.20. The van der Waals surface area contributed by atoms with E-state index in [1.54, 1.807) is 29.7 Å². The number of rotatable bonds is 6. The van der Waals surface area contributed by atoms with Crippen molar-refractivity contribution >= 4 is 33.4 Å². The second-order valence-electron chi connectivity index (χ2n) is 6.66. The van der Waals surface area contributed by atoms with Crippen molar-refractivity contribution in [1.29, 1.82) is 0 Å². The molecule has 8 heteroatoms. The molecule has 0 saturated carbocycles. The van der Waals surface area contributed by atoms with E-state index in [0.717, 1.165) is 21.3 Å². The van der Waals surface area contributed by atoms with Crippen LogP contribution in [0, 0.1) is 13.8 Å². The Hall–Kier alpha value is -3.13. The van der Waals surface area contributed by atoms with Gasteiger partial charge < -0.3 is 18.8 Å². The van der Waals surface area contributed by atoms with Crippen LogP contribution in [0.1, 0.15) is 28.4 Å². The predicted molar refractivity (Wildman–Crippen MR) is 115 cm³/mol. The van der Waals surface area contributed by atoms with E-state index in [0.29, 0.717) is 16.3 Å². The maximum atomic E-state index is 13.1. The van der Waals surface area contributed by atoms with Crippen LogP contribution >= 0.6 is 11.3 Å². The van der Waals surface area contributed by atoms with E-state index in [-0.39, 0.29) is 24.7 Å². The number of thiazole rings is 1. The number of methoxy groups -OCH3 is 2. The Labute approximate surface area is 178 Å². The number of hydrogen-bond donors (Lipinski definition) is 0. The third kappa shape index (κ3) is 4.23. The van der Waals surface area contributed by atoms with Crippen molar-refractivity contribution in [2.75, 3.05) is 20.8 Å². The average Bonchev–Trinajstić information content (AvgIpc) is 3.03. The van der Waals surface area contributed by atoms with E-state index in [1.165, 1.54) is 25.6 Å². The van der Waals surface area contributed by atoms with Crippen molar-refractivity contribution in [2.45, 2.75) is 27.3 Å². The Morgan fingerprint density at radius 2 is 1.77 bits per heavy atom. The Kier molecular flexibility index (Phi) is 6.56. The highest BCUT2D eigenvalue weighted by Crippen LogP contribution is 2.29. The van der Waals surface area contributed by atoms with E-state index < -0.39 is 5.91 Å². The molecule has 0 fully saturated rings. The molecule has 0 N–H and O–H groups in total. The van der Waals surface area contributed by atoms with Gasteiger partial charge in [-0.1, -0.05) is 23.5 Å². The van der Waals surface area contributed by atoms with Crippen molar-refractivity contribution < 1.29 is 23.8 Å². The van der Waals surface area contributed by atoms with Gasteiger partial charge in [-0.15, -0.1) is 0 Å². The minimum Gasteiger partial charge on any atom is -0.496 e. The minimum absolute atomic E-state index is 0.0348. The molecule has 3 aromatic rings. The third-order valence-corrected chi connectivity index (χ3v) is 5.57. The standard InChI is InChI=1S/C22H24N2O5S/c1-6-29-18(25)12-24-20-14(3)10-13(2)11-17(20)30-22(24)23-21(26)19-15(27-4)8-7-9-16(19)28-5/h7-11H,6,12H2,1-5H3. The van der Waals surface area contributed by atoms with E-state index in [1.807, 2.05) is 26.0 Å². The van der Waals surface area contributed by atoms with Crippen molar-refractivity contribution in [3.63, 3.8) is 0 Å². The summed E-state index contributed by atoms with van der Waals surface area (Å²) in [5, 5.41) is 0. The monoisotopic (exact) mass is 428 g/mol. The first-order valence-corrected chi connectivity index (χ1v) is 10.3. The number of esters is 1. The molecule has 1 aromatic heterocycles. The number of amides is 1. The molecule has 0 atom stereocenters. The summed E-state index contributed by atoms with van der Waals surface area (Å²) in [7, 11) is 2.97. The highest BCUT2D eigenvalue weighted by molar-refractivity contribution is 7.16. The highest BCUT2D eigenvalue weighted by atomic mass is 32.1. The van der Waals surface area contributed by atoms with Crippen LogP contribution < -0.4 is 14.3 Å². The lowest BCUT2D eigenvalue weighted by Gasteiger charge is -2.10. The fourth-order valence-electron chi connectivity index (χ4n) is 3.36. The molecule has 1 amide bonds. The zero-order valence-electron chi connectivity index (χ0n) is 17.6. The van der Waals surface area contributed by atoms with E-state index in [4.69, 9.17) is 14.2 Å². The summed E-state index contributed by atoms with van der Waals surface area (Å²) < 4.78 is 18.5. The summed E-state index contributed by atoms with van der Waals surface area (Å²) in [5.74, 6) is -0.162. The van der Waals surface area contributed by atoms with E-state index >= 15 is 0 Å². The molecular weight excluding hydrogens is 404 g/mol. The third-order valence-electron chi connectivity index (χ3n) is 4.54. The molecule has 0 unspecified atom stereocenters. The number of hydrogen-bond acceptors (Lipinski definition) is 6. The van der Waals surface area contributed by atoms with Gasteiger partial charge in [-0.2, -0.15) is 4.99 Å². The number of carbonyl (C=O) groups is 2. The van der Waals surface area contributed by atoms with Gasteiger partial charge in [0.2, 0.25) is 0 Å². The number of benzene rings is 2. The molecule has 0 radical (unpaired) electrons. The normalized spacial score (nSPS) is 11.6. The molecule has 0 aliphatic carbocycles. The summed E-state index contributed by atoms with van der Waals surface area (Å²) in [6, 6.07) is 9.14. The molecule has 0 aliphatic rings. The van der Waals surface area contributed by atoms with Crippen LogP contribution in [0.4, 0.5) is 0 Å². The van der Waals surface area contributed by atoms with Gasteiger partial charge >= 0.3 is 5.97 Å². The zero-order chi connectivity index (χ0) is 21.8. The Morgan fingerprint density at radius 1 is 1.10 bits per heavy atom. The maximum Gasteiger partial charge on any atom is 0.326 e. The van der Waals surface area contributed by atoms with Crippen molar-refractivity contribution in [2.24, 2.45) is 4.99 Å². The molecule has 30 heavy (non-hydrogen) atoms. The van der Waals surface area contributed by atoms with Crippen LogP contribution in [0.3, 0.4) is 0 Å². The number of carbonyl (C=O) groups excluding carboxylic acids is 2. The summed E-state index contributed by atoms with van der Waals surface area (Å²) >= 11 is 1.35. The lowest BCUT2D eigenvalue weighted by molar-refractivity contribution is -0.143. The summed E-state index contributed by atoms with van der Waals surface area (Å²) in [6.45, 7) is 5.98. The smallest absolute Gasteiger partial charge is 0.326 e. The Balaban J connectivity index is 2.22. The van der Waals surface area contributed by atoms with Gasteiger partial charge in [-0.3, -0.25) is 9.59 Å². The molecular formula is C22H24N2O5S. The molecule has 2 aromatic carbocycles. The predicted octanol–water partition coefficient (Wildman–Crippen LogP) is 3.64. The largest absolute Gasteiger partial charge is 0.496 e. The van der Waals surface area contributed by atoms with Gasteiger partial charge in [0, 0.05) is 0 Å². The number of ether oxygens (including phenoxy) is 3. The summed E-state index contributed by atoms with van der Waals surface area (Å²) in [6.07, 6.45) is 0. The van der Waals surface area contributed by atoms with Crippen LogP contribution in [0.25, 0.3) is 10.2 Å². The quantitative estimate of drug-likeness (QED) is 0.560. The topological polar surface area (TPSA) is 79.1 Å². The first-order valence-electron chi connectivity index (χ1n) is 9.45. The van der Waals surface area contributed by atoms with Gasteiger partial charge in [0.1, 0.15) is 23.6 Å². The number of fused-ring (bicyclic) bond motifs is 1. The van der Waals surface area contributed by atoms with Crippen LogP contribution in [-0.4, -0.2) is 37.3 Å². The van der Waals surface area contributed by atoms with Gasteiger partial charge in [0.25, 0.3) is 5.91 Å². The van der Waals surface area contributed by atoms with Crippen LogP contribution in [0.2, 0.25) is 0 Å². The molecule has 0 saturated heterocycles. The van der Waals surface area contributed by atoms with Crippen LogP contribution in [-0.2, 0) is 16.1 Å². The van der Waals surface area contributed by atoms with Gasteiger partial charge in [0.15, 0.2) is 4.80 Å². The molecule has 1 heterocycles. The van der Waals surface area contributed by atoms with Crippen LogP contribution in [0.5, 0.6) is 11.5 Å². The summed E-state index contributed by atoms with van der Waals surface area (Å²) in [5.41, 5.74) is 3.18. The molecule has 0 spiro atoms. The Bertz CT molecular complexity index is 1150. The molecule has 3 rings (SSSR count). The van der Waals surface area contributed by atoms with Crippen molar-refractivity contribution in [1.82, 2.24) is 4.57 Å². The first-order chi connectivity index (χ1) is 14.4. The fourth-order valence-corrected chi connectivity index (χ4v) is 4.57. The Morgan fingerprint density at radius 3 is 2.37 bits per heavy atom. The minimum atomic E-state index is -0.511. The molecule has 158 valence electrons. The SMILES string of the molecule is CCOC(=O)Cn1c(=NC(=O)c2c(OC)cccc2OC)sc2cc(C)cc(C)c21. The number of aromatic nitrogens is 1. The first kappa shape index (κ1) is 21.6. The second kappa shape index (κ2) is 9.13. The molecule has 7 nitrogen and oxygen atoms in total. The summed E-state index contributed by atoms with van der Waals surface area (Å²) in [4.78, 5) is 30.1. The van der Waals surface area contributed by atoms with Crippen LogP contribution in [0.15, 0.2) is 35.3 Å². The maximum absolute atomic E-state index is 13.1. The lowest BCUT2D eigenvalue weighted by Crippen LogP contribution is -2.23. The van der Waals surface area contributed by atoms with Gasteiger partial charge in [-0.25, -0.2) is 0 Å². The van der Waals surface area contributed by atoms with Gasteiger partial charge in [0.05, 0.1) is 31.0 Å². The van der Waals surface area contributed by atoms with Gasteiger partial charge in [-0.05, 0) is 50.1 Å². The number of nitrogens with zero attached hydrogens (tertiary/aromatic N) is 2.